The molecule has 1 fully saturated rings. The quantitative estimate of drug-likeness (QED) is 0.874. The first-order valence-electron chi connectivity index (χ1n) is 6.92. The van der Waals surface area contributed by atoms with Gasteiger partial charge in [-0.15, -0.1) is 0 Å². The SMILES string of the molecule is COc1c(C)cnc(CC2(O)CCC(N)CC2)c1C. The van der Waals surface area contributed by atoms with E-state index in [1.54, 1.807) is 7.11 Å². The van der Waals surface area contributed by atoms with Crippen LogP contribution in [0.1, 0.15) is 42.5 Å². The van der Waals surface area contributed by atoms with E-state index in [0.29, 0.717) is 6.42 Å². The van der Waals surface area contributed by atoms with Crippen molar-refractivity contribution in [2.45, 2.75) is 57.6 Å². The van der Waals surface area contributed by atoms with Gasteiger partial charge in [-0.25, -0.2) is 0 Å². The molecule has 1 aliphatic rings. The number of rotatable bonds is 3. The van der Waals surface area contributed by atoms with Crippen molar-refractivity contribution in [3.63, 3.8) is 0 Å². The van der Waals surface area contributed by atoms with Gasteiger partial charge in [-0.05, 0) is 39.5 Å². The van der Waals surface area contributed by atoms with Gasteiger partial charge in [0.15, 0.2) is 0 Å². The standard InChI is InChI=1S/C15H24N2O2/c1-10-9-17-13(11(2)14(10)19-3)8-15(18)6-4-12(16)5-7-15/h9,12,18H,4-8,16H2,1-3H3. The fraction of sp³-hybridized carbons (Fsp3) is 0.667. The van der Waals surface area contributed by atoms with Crippen LogP contribution in [0.15, 0.2) is 6.20 Å². The lowest BCUT2D eigenvalue weighted by Gasteiger charge is -2.35. The van der Waals surface area contributed by atoms with Gasteiger partial charge in [-0.1, -0.05) is 0 Å². The van der Waals surface area contributed by atoms with Gasteiger partial charge < -0.3 is 15.6 Å². The molecule has 0 bridgehead atoms. The molecule has 0 radical (unpaired) electrons. The molecule has 0 spiro atoms. The molecular weight excluding hydrogens is 240 g/mol. The third-order valence-electron chi connectivity index (χ3n) is 4.21. The summed E-state index contributed by atoms with van der Waals surface area (Å²) in [5.41, 5.74) is 8.23. The second kappa shape index (κ2) is 5.47. The summed E-state index contributed by atoms with van der Waals surface area (Å²) in [6.45, 7) is 3.99. The van der Waals surface area contributed by atoms with E-state index in [-0.39, 0.29) is 6.04 Å². The molecule has 1 aliphatic carbocycles. The molecule has 0 aliphatic heterocycles. The van der Waals surface area contributed by atoms with E-state index in [9.17, 15) is 5.11 Å². The number of hydrogen-bond acceptors (Lipinski definition) is 4. The van der Waals surface area contributed by atoms with Crippen LogP contribution in [-0.2, 0) is 6.42 Å². The van der Waals surface area contributed by atoms with Crippen LogP contribution in [0.3, 0.4) is 0 Å². The zero-order chi connectivity index (χ0) is 14.0. The van der Waals surface area contributed by atoms with E-state index in [4.69, 9.17) is 10.5 Å². The Hall–Kier alpha value is -1.13. The summed E-state index contributed by atoms with van der Waals surface area (Å²) < 4.78 is 5.41. The van der Waals surface area contributed by atoms with Crippen LogP contribution in [0.2, 0.25) is 0 Å². The Morgan fingerprint density at radius 1 is 1.42 bits per heavy atom. The van der Waals surface area contributed by atoms with Gasteiger partial charge in [-0.2, -0.15) is 0 Å². The zero-order valence-electron chi connectivity index (χ0n) is 12.1. The molecule has 0 atom stereocenters. The van der Waals surface area contributed by atoms with Crippen LogP contribution < -0.4 is 10.5 Å². The highest BCUT2D eigenvalue weighted by Gasteiger charge is 2.33. The monoisotopic (exact) mass is 264 g/mol. The summed E-state index contributed by atoms with van der Waals surface area (Å²) in [6, 6.07) is 0.238. The number of methoxy groups -OCH3 is 1. The van der Waals surface area contributed by atoms with Gasteiger partial charge in [0.2, 0.25) is 0 Å². The first kappa shape index (κ1) is 14.3. The molecule has 1 aromatic rings. The fourth-order valence-electron chi connectivity index (χ4n) is 2.92. The van der Waals surface area contributed by atoms with E-state index in [0.717, 1.165) is 48.3 Å². The number of aryl methyl sites for hydroxylation is 1. The zero-order valence-corrected chi connectivity index (χ0v) is 12.1. The highest BCUT2D eigenvalue weighted by Crippen LogP contribution is 2.33. The summed E-state index contributed by atoms with van der Waals surface area (Å²) in [4.78, 5) is 4.47. The van der Waals surface area contributed by atoms with Crippen molar-refractivity contribution < 1.29 is 9.84 Å². The number of nitrogens with two attached hydrogens (primary N) is 1. The maximum absolute atomic E-state index is 10.7. The number of aromatic nitrogens is 1. The van der Waals surface area contributed by atoms with Crippen molar-refractivity contribution >= 4 is 0 Å². The normalized spacial score (nSPS) is 27.3. The Morgan fingerprint density at radius 3 is 2.63 bits per heavy atom. The average molecular weight is 264 g/mol. The van der Waals surface area contributed by atoms with Gasteiger partial charge in [0.1, 0.15) is 5.75 Å². The molecule has 106 valence electrons. The second-order valence-corrected chi connectivity index (χ2v) is 5.78. The molecule has 1 saturated carbocycles. The predicted octanol–water partition coefficient (Wildman–Crippen LogP) is 1.88. The van der Waals surface area contributed by atoms with Crippen LogP contribution in [0.25, 0.3) is 0 Å². The first-order valence-corrected chi connectivity index (χ1v) is 6.92. The number of nitrogens with zero attached hydrogens (tertiary/aromatic N) is 1. The maximum Gasteiger partial charge on any atom is 0.128 e. The lowest BCUT2D eigenvalue weighted by atomic mass is 9.79. The van der Waals surface area contributed by atoms with Crippen LogP contribution >= 0.6 is 0 Å². The minimum absolute atomic E-state index is 0.238. The van der Waals surface area contributed by atoms with Gasteiger partial charge in [0.25, 0.3) is 0 Å². The number of pyridine rings is 1. The smallest absolute Gasteiger partial charge is 0.128 e. The van der Waals surface area contributed by atoms with Gasteiger partial charge in [0.05, 0.1) is 12.7 Å². The van der Waals surface area contributed by atoms with Crippen molar-refractivity contribution in [3.8, 4) is 5.75 Å². The molecule has 4 heteroatoms. The van der Waals surface area contributed by atoms with Crippen LogP contribution in [0, 0.1) is 13.8 Å². The predicted molar refractivity (Wildman–Crippen MR) is 75.4 cm³/mol. The van der Waals surface area contributed by atoms with Gasteiger partial charge in [0, 0.05) is 35.5 Å². The number of hydrogen-bond donors (Lipinski definition) is 2. The van der Waals surface area contributed by atoms with Crippen molar-refractivity contribution in [1.82, 2.24) is 4.98 Å². The maximum atomic E-state index is 10.7. The largest absolute Gasteiger partial charge is 0.496 e. The highest BCUT2D eigenvalue weighted by molar-refractivity contribution is 5.41. The number of aliphatic hydroxyl groups is 1. The second-order valence-electron chi connectivity index (χ2n) is 5.78. The molecule has 0 saturated heterocycles. The molecule has 1 heterocycles. The Bertz CT molecular complexity index is 452. The van der Waals surface area contributed by atoms with E-state index in [1.165, 1.54) is 0 Å². The summed E-state index contributed by atoms with van der Waals surface area (Å²) in [5.74, 6) is 0.876. The average Bonchev–Trinajstić information content (AvgIpc) is 2.38. The molecule has 0 amide bonds. The van der Waals surface area contributed by atoms with E-state index in [2.05, 4.69) is 4.98 Å². The van der Waals surface area contributed by atoms with Gasteiger partial charge >= 0.3 is 0 Å². The topological polar surface area (TPSA) is 68.4 Å². The molecule has 0 aromatic carbocycles. The van der Waals surface area contributed by atoms with E-state index >= 15 is 0 Å². The summed E-state index contributed by atoms with van der Waals surface area (Å²) in [7, 11) is 1.67. The molecule has 2 rings (SSSR count). The third-order valence-corrected chi connectivity index (χ3v) is 4.21. The first-order chi connectivity index (χ1) is 8.95. The van der Waals surface area contributed by atoms with Crippen molar-refractivity contribution in [3.05, 3.63) is 23.0 Å². The number of ether oxygens (including phenoxy) is 1. The van der Waals surface area contributed by atoms with E-state index < -0.39 is 5.60 Å². The molecule has 1 aromatic heterocycles. The minimum Gasteiger partial charge on any atom is -0.496 e. The Kier molecular flexibility index (Phi) is 4.11. The van der Waals surface area contributed by atoms with Crippen LogP contribution in [0.5, 0.6) is 5.75 Å². The Balaban J connectivity index is 2.19. The van der Waals surface area contributed by atoms with Crippen LogP contribution in [0.4, 0.5) is 0 Å². The lowest BCUT2D eigenvalue weighted by molar-refractivity contribution is -0.000762. The fourth-order valence-corrected chi connectivity index (χ4v) is 2.92. The lowest BCUT2D eigenvalue weighted by Crippen LogP contribution is -2.40. The molecule has 3 N–H and O–H groups in total. The Morgan fingerprint density at radius 2 is 2.05 bits per heavy atom. The molecular formula is C15H24N2O2. The Labute approximate surface area is 115 Å². The molecule has 4 nitrogen and oxygen atoms in total. The third kappa shape index (κ3) is 3.07. The minimum atomic E-state index is -0.659. The van der Waals surface area contributed by atoms with Crippen molar-refractivity contribution in [2.75, 3.05) is 7.11 Å². The van der Waals surface area contributed by atoms with E-state index in [1.807, 2.05) is 20.0 Å². The van der Waals surface area contributed by atoms with Crippen molar-refractivity contribution in [1.29, 1.82) is 0 Å². The van der Waals surface area contributed by atoms with Gasteiger partial charge in [-0.3, -0.25) is 4.98 Å². The molecule has 0 unspecified atom stereocenters. The summed E-state index contributed by atoms with van der Waals surface area (Å²) in [6.07, 6.45) is 5.69. The van der Waals surface area contributed by atoms with Crippen LogP contribution in [-0.4, -0.2) is 28.8 Å². The van der Waals surface area contributed by atoms with Crippen molar-refractivity contribution in [2.24, 2.45) is 5.73 Å². The highest BCUT2D eigenvalue weighted by atomic mass is 16.5. The summed E-state index contributed by atoms with van der Waals surface area (Å²) in [5, 5.41) is 10.7. The molecule has 19 heavy (non-hydrogen) atoms. The summed E-state index contributed by atoms with van der Waals surface area (Å²) >= 11 is 0.